The molecule has 0 aromatic heterocycles. The predicted molar refractivity (Wildman–Crippen MR) is 64.6 cm³/mol. The SMILES string of the molecule is CC(C)(C)OC(=O)N1CC[C@@H]2C(O)C(C)(C)[C@@H]21. The van der Waals surface area contributed by atoms with Crippen LogP contribution in [0.3, 0.4) is 0 Å². The van der Waals surface area contributed by atoms with Gasteiger partial charge in [-0.3, -0.25) is 0 Å². The first-order valence-electron chi connectivity index (χ1n) is 6.32. The maximum Gasteiger partial charge on any atom is 0.410 e. The van der Waals surface area contributed by atoms with Crippen molar-refractivity contribution in [2.45, 2.75) is 58.8 Å². The Kier molecular flexibility index (Phi) is 2.69. The Bertz CT molecular complexity index is 332. The minimum Gasteiger partial charge on any atom is -0.444 e. The minimum absolute atomic E-state index is 0.132. The van der Waals surface area contributed by atoms with E-state index in [2.05, 4.69) is 0 Å². The zero-order valence-electron chi connectivity index (χ0n) is 11.4. The summed E-state index contributed by atoms with van der Waals surface area (Å²) < 4.78 is 5.41. The number of aliphatic hydroxyl groups is 1. The maximum atomic E-state index is 12.1. The Morgan fingerprint density at radius 1 is 1.41 bits per heavy atom. The Labute approximate surface area is 103 Å². The molecule has 1 unspecified atom stereocenters. The molecule has 2 rings (SSSR count). The van der Waals surface area contributed by atoms with E-state index in [0.29, 0.717) is 6.54 Å². The Balaban J connectivity index is 2.07. The largest absolute Gasteiger partial charge is 0.444 e. The van der Waals surface area contributed by atoms with Crippen LogP contribution in [0.4, 0.5) is 4.79 Å². The molecule has 17 heavy (non-hydrogen) atoms. The van der Waals surface area contributed by atoms with Crippen molar-refractivity contribution in [2.24, 2.45) is 11.3 Å². The molecule has 1 saturated carbocycles. The number of carbonyl (C=O) groups is 1. The number of hydrogen-bond donors (Lipinski definition) is 1. The van der Waals surface area contributed by atoms with Crippen LogP contribution in [0.2, 0.25) is 0 Å². The van der Waals surface area contributed by atoms with Crippen LogP contribution in [0.1, 0.15) is 41.0 Å². The van der Waals surface area contributed by atoms with Gasteiger partial charge >= 0.3 is 6.09 Å². The molecule has 4 heteroatoms. The molecule has 0 aromatic carbocycles. The third-order valence-corrected chi connectivity index (χ3v) is 4.00. The third-order valence-electron chi connectivity index (χ3n) is 4.00. The number of aliphatic hydroxyl groups excluding tert-OH is 1. The molecule has 1 aliphatic carbocycles. The van der Waals surface area contributed by atoms with Crippen molar-refractivity contribution in [3.8, 4) is 0 Å². The number of carbonyl (C=O) groups excluding carboxylic acids is 1. The molecular formula is C13H23NO3. The fourth-order valence-electron chi connectivity index (χ4n) is 3.23. The first-order chi connectivity index (χ1) is 7.64. The number of fused-ring (bicyclic) bond motifs is 1. The highest BCUT2D eigenvalue weighted by Gasteiger charge is 2.62. The Morgan fingerprint density at radius 2 is 2.00 bits per heavy atom. The second-order valence-electron chi connectivity index (χ2n) is 6.84. The number of amides is 1. The lowest BCUT2D eigenvalue weighted by Crippen LogP contribution is -2.65. The van der Waals surface area contributed by atoms with E-state index in [4.69, 9.17) is 4.74 Å². The van der Waals surface area contributed by atoms with Crippen molar-refractivity contribution in [3.63, 3.8) is 0 Å². The summed E-state index contributed by atoms with van der Waals surface area (Å²) in [6.07, 6.45) is 0.346. The van der Waals surface area contributed by atoms with Gasteiger partial charge in [0.25, 0.3) is 0 Å². The molecular weight excluding hydrogens is 218 g/mol. The van der Waals surface area contributed by atoms with E-state index in [9.17, 15) is 9.90 Å². The van der Waals surface area contributed by atoms with Crippen molar-refractivity contribution in [3.05, 3.63) is 0 Å². The quantitative estimate of drug-likeness (QED) is 0.706. The van der Waals surface area contributed by atoms with Crippen LogP contribution >= 0.6 is 0 Å². The topological polar surface area (TPSA) is 49.8 Å². The van der Waals surface area contributed by atoms with Gasteiger partial charge in [0, 0.05) is 23.9 Å². The number of likely N-dealkylation sites (tertiary alicyclic amines) is 1. The van der Waals surface area contributed by atoms with E-state index < -0.39 is 5.60 Å². The maximum absolute atomic E-state index is 12.1. The first-order valence-corrected chi connectivity index (χ1v) is 6.32. The van der Waals surface area contributed by atoms with Gasteiger partial charge in [-0.1, -0.05) is 13.8 Å². The van der Waals surface area contributed by atoms with Crippen LogP contribution < -0.4 is 0 Å². The average Bonchev–Trinajstić information content (AvgIpc) is 2.56. The van der Waals surface area contributed by atoms with E-state index in [1.54, 1.807) is 4.90 Å². The lowest BCUT2D eigenvalue weighted by Gasteiger charge is -2.54. The van der Waals surface area contributed by atoms with Gasteiger partial charge in [0.2, 0.25) is 0 Å². The Morgan fingerprint density at radius 3 is 2.53 bits per heavy atom. The van der Waals surface area contributed by atoms with Crippen molar-refractivity contribution in [1.29, 1.82) is 0 Å². The Hall–Kier alpha value is -0.770. The van der Waals surface area contributed by atoms with Crippen molar-refractivity contribution in [2.75, 3.05) is 6.54 Å². The van der Waals surface area contributed by atoms with Gasteiger partial charge in [-0.25, -0.2) is 4.79 Å². The summed E-state index contributed by atoms with van der Waals surface area (Å²) in [5, 5.41) is 10.00. The van der Waals surface area contributed by atoms with E-state index >= 15 is 0 Å². The second kappa shape index (κ2) is 3.61. The first kappa shape index (κ1) is 12.7. The molecule has 0 aromatic rings. The molecule has 3 atom stereocenters. The highest BCUT2D eigenvalue weighted by Crippen LogP contribution is 2.53. The van der Waals surface area contributed by atoms with Gasteiger partial charge in [0.15, 0.2) is 0 Å². The molecule has 98 valence electrons. The summed E-state index contributed by atoms with van der Waals surface area (Å²) in [7, 11) is 0. The lowest BCUT2D eigenvalue weighted by molar-refractivity contribution is -0.141. The van der Waals surface area contributed by atoms with E-state index in [1.165, 1.54) is 0 Å². The molecule has 0 spiro atoms. The van der Waals surface area contributed by atoms with Gasteiger partial charge in [0.1, 0.15) is 5.60 Å². The molecule has 0 bridgehead atoms. The smallest absolute Gasteiger partial charge is 0.410 e. The van der Waals surface area contributed by atoms with Crippen LogP contribution in [0.15, 0.2) is 0 Å². The molecule has 1 amide bonds. The van der Waals surface area contributed by atoms with Gasteiger partial charge in [0.05, 0.1) is 6.10 Å². The number of nitrogens with zero attached hydrogens (tertiary/aromatic N) is 1. The molecule has 1 saturated heterocycles. The summed E-state index contributed by atoms with van der Waals surface area (Å²) in [4.78, 5) is 13.9. The highest BCUT2D eigenvalue weighted by molar-refractivity contribution is 5.69. The van der Waals surface area contributed by atoms with Crippen molar-refractivity contribution in [1.82, 2.24) is 4.90 Å². The van der Waals surface area contributed by atoms with Crippen LogP contribution in [-0.4, -0.2) is 40.4 Å². The van der Waals surface area contributed by atoms with E-state index in [1.807, 2.05) is 34.6 Å². The van der Waals surface area contributed by atoms with Crippen molar-refractivity contribution < 1.29 is 14.6 Å². The molecule has 1 N–H and O–H groups in total. The van der Waals surface area contributed by atoms with Gasteiger partial charge in [-0.2, -0.15) is 0 Å². The van der Waals surface area contributed by atoms with Gasteiger partial charge in [-0.15, -0.1) is 0 Å². The average molecular weight is 241 g/mol. The molecule has 2 fully saturated rings. The monoisotopic (exact) mass is 241 g/mol. The molecule has 4 nitrogen and oxygen atoms in total. The minimum atomic E-state index is -0.457. The van der Waals surface area contributed by atoms with Crippen LogP contribution in [0, 0.1) is 11.3 Å². The molecule has 1 aliphatic heterocycles. The summed E-state index contributed by atoms with van der Waals surface area (Å²) in [6.45, 7) is 10.4. The molecule has 2 aliphatic rings. The van der Waals surface area contributed by atoms with Crippen LogP contribution in [0.5, 0.6) is 0 Å². The molecule has 0 radical (unpaired) electrons. The standard InChI is InChI=1S/C13H23NO3/c1-12(2,3)17-11(16)14-7-6-8-9(14)13(4,5)10(8)15/h8-10,15H,6-7H2,1-5H3/t8-,9+,10?/m0/s1. The number of ether oxygens (including phenoxy) is 1. The lowest BCUT2D eigenvalue weighted by atomic mass is 9.58. The second-order valence-corrected chi connectivity index (χ2v) is 6.84. The van der Waals surface area contributed by atoms with E-state index in [0.717, 1.165) is 6.42 Å². The normalized spacial score (nSPS) is 35.2. The van der Waals surface area contributed by atoms with E-state index in [-0.39, 0.29) is 29.6 Å². The van der Waals surface area contributed by atoms with Gasteiger partial charge in [-0.05, 0) is 27.2 Å². The zero-order chi connectivity index (χ0) is 13.0. The fraction of sp³-hybridized carbons (Fsp3) is 0.923. The summed E-state index contributed by atoms with van der Waals surface area (Å²) in [5.74, 6) is 0.234. The fourth-order valence-corrected chi connectivity index (χ4v) is 3.23. The highest BCUT2D eigenvalue weighted by atomic mass is 16.6. The summed E-state index contributed by atoms with van der Waals surface area (Å²) in [5.41, 5.74) is -0.667. The van der Waals surface area contributed by atoms with Gasteiger partial charge < -0.3 is 14.7 Å². The number of hydrogen-bond acceptors (Lipinski definition) is 3. The van der Waals surface area contributed by atoms with Crippen molar-refractivity contribution >= 4 is 6.09 Å². The predicted octanol–water partition coefficient (Wildman–Crippen LogP) is 2.01. The van der Waals surface area contributed by atoms with Crippen LogP contribution in [-0.2, 0) is 4.74 Å². The summed E-state index contributed by atoms with van der Waals surface area (Å²) >= 11 is 0. The summed E-state index contributed by atoms with van der Waals surface area (Å²) in [6, 6.07) is 0.132. The van der Waals surface area contributed by atoms with Crippen LogP contribution in [0.25, 0.3) is 0 Å². The molecule has 1 heterocycles. The zero-order valence-corrected chi connectivity index (χ0v) is 11.4. The third kappa shape index (κ3) is 1.92. The number of rotatable bonds is 0.